The summed E-state index contributed by atoms with van der Waals surface area (Å²) < 4.78 is 49.4. The highest BCUT2D eigenvalue weighted by molar-refractivity contribution is 6.00. The molecule has 1 heterocycles. The van der Waals surface area contributed by atoms with E-state index in [1.807, 2.05) is 32.0 Å². The third kappa shape index (κ3) is 6.50. The van der Waals surface area contributed by atoms with Crippen molar-refractivity contribution in [1.29, 1.82) is 0 Å². The summed E-state index contributed by atoms with van der Waals surface area (Å²) in [5, 5.41) is 2.27. The van der Waals surface area contributed by atoms with Gasteiger partial charge in [0.05, 0.1) is 11.5 Å². The molecule has 0 aliphatic carbocycles. The fourth-order valence-electron chi connectivity index (χ4n) is 3.95. The minimum Gasteiger partial charge on any atom is -0.457 e. The van der Waals surface area contributed by atoms with Crippen LogP contribution in [0.1, 0.15) is 23.1 Å². The van der Waals surface area contributed by atoms with Gasteiger partial charge in [-0.2, -0.15) is 13.2 Å². The first-order chi connectivity index (χ1) is 18.0. The van der Waals surface area contributed by atoms with Crippen LogP contribution in [0, 0.1) is 19.8 Å². The molecule has 1 fully saturated rings. The number of carbonyl (C=O) groups is 3. The van der Waals surface area contributed by atoms with E-state index in [0.717, 1.165) is 29.3 Å². The number of amides is 2. The zero-order valence-electron chi connectivity index (χ0n) is 20.7. The van der Waals surface area contributed by atoms with E-state index in [0.29, 0.717) is 17.2 Å². The van der Waals surface area contributed by atoms with Gasteiger partial charge in [-0.3, -0.25) is 14.4 Å². The maximum absolute atomic E-state index is 12.8. The maximum atomic E-state index is 12.8. The van der Waals surface area contributed by atoms with Crippen molar-refractivity contribution in [2.75, 3.05) is 23.4 Å². The molecule has 198 valence electrons. The zero-order valence-corrected chi connectivity index (χ0v) is 20.7. The van der Waals surface area contributed by atoms with Crippen molar-refractivity contribution in [2.24, 2.45) is 5.92 Å². The second-order valence-corrected chi connectivity index (χ2v) is 8.98. The van der Waals surface area contributed by atoms with E-state index in [9.17, 15) is 27.6 Å². The number of carbonyl (C=O) groups excluding carboxylic acids is 3. The van der Waals surface area contributed by atoms with E-state index < -0.39 is 36.1 Å². The summed E-state index contributed by atoms with van der Waals surface area (Å²) in [5.41, 5.74) is 1.85. The van der Waals surface area contributed by atoms with Crippen molar-refractivity contribution in [2.45, 2.75) is 26.4 Å². The van der Waals surface area contributed by atoms with Crippen LogP contribution in [0.2, 0.25) is 0 Å². The van der Waals surface area contributed by atoms with Crippen LogP contribution in [0.5, 0.6) is 11.5 Å². The molecule has 0 spiro atoms. The normalized spacial score (nSPS) is 15.3. The smallest absolute Gasteiger partial charge is 0.416 e. The lowest BCUT2D eigenvalue weighted by Gasteiger charge is -2.17. The lowest BCUT2D eigenvalue weighted by Crippen LogP contribution is -2.28. The van der Waals surface area contributed by atoms with Crippen molar-refractivity contribution in [3.63, 3.8) is 0 Å². The molecule has 0 radical (unpaired) electrons. The van der Waals surface area contributed by atoms with Gasteiger partial charge in [-0.05, 0) is 79.6 Å². The number of aryl methyl sites for hydroxylation is 2. The quantitative estimate of drug-likeness (QED) is 0.402. The molecule has 3 aromatic carbocycles. The number of anilines is 2. The molecule has 1 aliphatic rings. The fourth-order valence-corrected chi connectivity index (χ4v) is 3.95. The van der Waals surface area contributed by atoms with E-state index in [1.54, 1.807) is 24.3 Å². The Labute approximate surface area is 217 Å². The average molecular weight is 527 g/mol. The molecule has 2 amide bonds. The largest absolute Gasteiger partial charge is 0.457 e. The summed E-state index contributed by atoms with van der Waals surface area (Å²) in [6.07, 6.45) is -4.64. The highest BCUT2D eigenvalue weighted by atomic mass is 19.4. The molecular weight excluding hydrogens is 501 g/mol. The van der Waals surface area contributed by atoms with Gasteiger partial charge in [-0.1, -0.05) is 12.1 Å². The first kappa shape index (κ1) is 26.7. The number of nitrogens with zero attached hydrogens (tertiary/aromatic N) is 1. The summed E-state index contributed by atoms with van der Waals surface area (Å²) in [5.74, 6) is -1.31. The summed E-state index contributed by atoms with van der Waals surface area (Å²) in [4.78, 5) is 38.5. The van der Waals surface area contributed by atoms with E-state index in [-0.39, 0.29) is 24.6 Å². The van der Waals surface area contributed by atoms with Crippen molar-refractivity contribution >= 4 is 29.2 Å². The van der Waals surface area contributed by atoms with Crippen molar-refractivity contribution in [3.8, 4) is 11.5 Å². The van der Waals surface area contributed by atoms with Crippen LogP contribution in [0.15, 0.2) is 66.7 Å². The first-order valence-corrected chi connectivity index (χ1v) is 11.8. The Kier molecular flexibility index (Phi) is 7.70. The second kappa shape index (κ2) is 11.0. The summed E-state index contributed by atoms with van der Waals surface area (Å²) in [6.45, 7) is 3.39. The van der Waals surface area contributed by atoms with E-state index in [4.69, 9.17) is 9.47 Å². The number of hydrogen-bond acceptors (Lipinski definition) is 5. The molecule has 1 atom stereocenters. The van der Waals surface area contributed by atoms with Crippen LogP contribution in [-0.4, -0.2) is 30.9 Å². The molecule has 0 saturated carbocycles. The molecule has 38 heavy (non-hydrogen) atoms. The monoisotopic (exact) mass is 526 g/mol. The molecule has 7 nitrogen and oxygen atoms in total. The molecular formula is C28H25F3N2O5. The number of ether oxygens (including phenoxy) is 2. The number of hydrogen-bond donors (Lipinski definition) is 1. The molecule has 1 saturated heterocycles. The van der Waals surface area contributed by atoms with Gasteiger partial charge in [0.2, 0.25) is 5.91 Å². The van der Waals surface area contributed by atoms with E-state index in [2.05, 4.69) is 5.32 Å². The fraction of sp³-hybridized carbons (Fsp3) is 0.250. The second-order valence-electron chi connectivity index (χ2n) is 8.98. The highest BCUT2D eigenvalue weighted by Crippen LogP contribution is 2.31. The third-order valence-electron chi connectivity index (χ3n) is 6.14. The number of nitrogens with one attached hydrogen (secondary N) is 1. The number of rotatable bonds is 7. The Hall–Kier alpha value is -4.34. The number of esters is 1. The lowest BCUT2D eigenvalue weighted by atomic mass is 10.1. The van der Waals surface area contributed by atoms with Crippen LogP contribution >= 0.6 is 0 Å². The summed E-state index contributed by atoms with van der Waals surface area (Å²) >= 11 is 0. The minimum atomic E-state index is -4.55. The third-order valence-corrected chi connectivity index (χ3v) is 6.14. The van der Waals surface area contributed by atoms with E-state index in [1.165, 1.54) is 11.0 Å². The summed E-state index contributed by atoms with van der Waals surface area (Å²) in [6, 6.07) is 16.8. The topological polar surface area (TPSA) is 84.9 Å². The van der Waals surface area contributed by atoms with E-state index >= 15 is 0 Å². The number of benzene rings is 3. The van der Waals surface area contributed by atoms with Crippen LogP contribution < -0.4 is 15.0 Å². The van der Waals surface area contributed by atoms with Crippen LogP contribution in [0.25, 0.3) is 0 Å². The maximum Gasteiger partial charge on any atom is 0.416 e. The van der Waals surface area contributed by atoms with Crippen LogP contribution in [-0.2, 0) is 25.3 Å². The van der Waals surface area contributed by atoms with Crippen molar-refractivity contribution in [1.82, 2.24) is 0 Å². The number of alkyl halides is 3. The van der Waals surface area contributed by atoms with Gasteiger partial charge >= 0.3 is 12.1 Å². The Bertz CT molecular complexity index is 1360. The Morgan fingerprint density at radius 2 is 1.68 bits per heavy atom. The SMILES string of the molecule is Cc1ccc(Oc2ccc(N3C[C@H](C(=O)OCC(=O)Nc4cccc(C(F)(F)F)c4)CC3=O)cc2)cc1C. The Morgan fingerprint density at radius 3 is 2.37 bits per heavy atom. The Morgan fingerprint density at radius 1 is 0.974 bits per heavy atom. The van der Waals surface area contributed by atoms with Crippen LogP contribution in [0.4, 0.5) is 24.5 Å². The number of halogens is 3. The van der Waals surface area contributed by atoms with Gasteiger partial charge in [0.1, 0.15) is 11.5 Å². The minimum absolute atomic E-state index is 0.0737. The zero-order chi connectivity index (χ0) is 27.4. The van der Waals surface area contributed by atoms with Gasteiger partial charge in [-0.25, -0.2) is 0 Å². The van der Waals surface area contributed by atoms with Gasteiger partial charge < -0.3 is 19.7 Å². The molecule has 10 heteroatoms. The molecule has 0 bridgehead atoms. The lowest BCUT2D eigenvalue weighted by molar-refractivity contribution is -0.151. The van der Waals surface area contributed by atoms with Gasteiger partial charge in [0.25, 0.3) is 5.91 Å². The van der Waals surface area contributed by atoms with Gasteiger partial charge in [0.15, 0.2) is 6.61 Å². The molecule has 1 N–H and O–H groups in total. The summed E-state index contributed by atoms with van der Waals surface area (Å²) in [7, 11) is 0. The molecule has 3 aromatic rings. The predicted molar refractivity (Wildman–Crippen MR) is 134 cm³/mol. The van der Waals surface area contributed by atoms with Gasteiger partial charge in [-0.15, -0.1) is 0 Å². The molecule has 0 aromatic heterocycles. The average Bonchev–Trinajstić information content (AvgIpc) is 3.26. The van der Waals surface area contributed by atoms with Crippen molar-refractivity contribution < 1.29 is 37.0 Å². The van der Waals surface area contributed by atoms with Crippen molar-refractivity contribution in [3.05, 3.63) is 83.4 Å². The van der Waals surface area contributed by atoms with Gasteiger partial charge in [0, 0.05) is 24.3 Å². The molecule has 1 aliphatic heterocycles. The highest BCUT2D eigenvalue weighted by Gasteiger charge is 2.36. The predicted octanol–water partition coefficient (Wildman–Crippen LogP) is 5.65. The Balaban J connectivity index is 1.29. The standard InChI is InChI=1S/C28H25F3N2O5/c1-17-6-9-24(12-18(17)2)38-23-10-7-22(8-11-23)33-15-19(13-26(33)35)27(36)37-16-25(34)32-21-5-3-4-20(14-21)28(29,30)31/h3-12,14,19H,13,15-16H2,1-2H3,(H,32,34)/t19-/m1/s1. The van der Waals surface area contributed by atoms with Crippen LogP contribution in [0.3, 0.4) is 0 Å². The molecule has 0 unspecified atom stereocenters. The first-order valence-electron chi connectivity index (χ1n) is 11.8. The molecule has 4 rings (SSSR count).